The summed E-state index contributed by atoms with van der Waals surface area (Å²) in [6, 6.07) is 7.59. The predicted molar refractivity (Wildman–Crippen MR) is 69.7 cm³/mol. The molecule has 0 unspecified atom stereocenters. The van der Waals surface area contributed by atoms with E-state index < -0.39 is 0 Å². The van der Waals surface area contributed by atoms with Crippen LogP contribution in [-0.2, 0) is 6.54 Å². The molecule has 0 saturated carbocycles. The summed E-state index contributed by atoms with van der Waals surface area (Å²) in [6.45, 7) is 2.51. The molecular formula is C13H13N5. The van der Waals surface area contributed by atoms with Crippen LogP contribution in [0.2, 0.25) is 0 Å². The van der Waals surface area contributed by atoms with Crippen LogP contribution >= 0.6 is 0 Å². The monoisotopic (exact) mass is 239 g/mol. The average molecular weight is 239 g/mol. The van der Waals surface area contributed by atoms with Gasteiger partial charge in [-0.2, -0.15) is 5.26 Å². The van der Waals surface area contributed by atoms with Gasteiger partial charge in [0.1, 0.15) is 11.9 Å². The fourth-order valence-corrected chi connectivity index (χ4v) is 1.50. The highest BCUT2D eigenvalue weighted by Crippen LogP contribution is 2.15. The van der Waals surface area contributed by atoms with Crippen LogP contribution in [0.4, 0.5) is 11.5 Å². The van der Waals surface area contributed by atoms with Crippen molar-refractivity contribution in [3.63, 3.8) is 0 Å². The Morgan fingerprint density at radius 3 is 2.83 bits per heavy atom. The number of nitrogen functional groups attached to an aromatic ring is 1. The van der Waals surface area contributed by atoms with E-state index in [1.54, 1.807) is 12.3 Å². The molecule has 0 aliphatic carbocycles. The van der Waals surface area contributed by atoms with E-state index >= 15 is 0 Å². The quantitative estimate of drug-likeness (QED) is 0.853. The molecule has 0 atom stereocenters. The number of nitrogens with one attached hydrogen (secondary N) is 1. The zero-order valence-electron chi connectivity index (χ0n) is 10.0. The first-order chi connectivity index (χ1) is 8.69. The molecule has 0 bridgehead atoms. The highest BCUT2D eigenvalue weighted by atomic mass is 15.0. The molecule has 2 aromatic rings. The fraction of sp³-hybridized carbons (Fsp3) is 0.154. The molecule has 0 aliphatic rings. The van der Waals surface area contributed by atoms with Crippen molar-refractivity contribution in [3.8, 4) is 6.07 Å². The summed E-state index contributed by atoms with van der Waals surface area (Å²) in [7, 11) is 0. The minimum Gasteiger partial charge on any atom is -0.397 e. The zero-order valence-corrected chi connectivity index (χ0v) is 10.0. The van der Waals surface area contributed by atoms with Gasteiger partial charge in [0, 0.05) is 18.4 Å². The van der Waals surface area contributed by atoms with Crippen molar-refractivity contribution < 1.29 is 0 Å². The van der Waals surface area contributed by atoms with Crippen molar-refractivity contribution in [2.75, 3.05) is 11.1 Å². The van der Waals surface area contributed by atoms with Gasteiger partial charge < -0.3 is 11.1 Å². The Bertz CT molecular complexity index is 583. The van der Waals surface area contributed by atoms with E-state index in [-0.39, 0.29) is 0 Å². The lowest BCUT2D eigenvalue weighted by Crippen LogP contribution is -2.04. The topological polar surface area (TPSA) is 87.6 Å². The molecule has 0 amide bonds. The molecule has 2 heterocycles. The Morgan fingerprint density at radius 1 is 1.33 bits per heavy atom. The van der Waals surface area contributed by atoms with E-state index in [1.165, 1.54) is 6.20 Å². The normalized spacial score (nSPS) is 9.78. The molecule has 0 spiro atoms. The number of aryl methyl sites for hydroxylation is 1. The van der Waals surface area contributed by atoms with E-state index in [0.29, 0.717) is 23.6 Å². The van der Waals surface area contributed by atoms with E-state index in [1.807, 2.05) is 19.1 Å². The summed E-state index contributed by atoms with van der Waals surface area (Å²) < 4.78 is 0. The van der Waals surface area contributed by atoms with Gasteiger partial charge in [-0.15, -0.1) is 0 Å². The third-order valence-electron chi connectivity index (χ3n) is 2.46. The number of anilines is 2. The Balaban J connectivity index is 2.11. The molecule has 0 fully saturated rings. The van der Waals surface area contributed by atoms with Gasteiger partial charge in [0.05, 0.1) is 17.4 Å². The first kappa shape index (κ1) is 11.9. The fourth-order valence-electron chi connectivity index (χ4n) is 1.50. The van der Waals surface area contributed by atoms with Crippen LogP contribution in [0.25, 0.3) is 0 Å². The van der Waals surface area contributed by atoms with Gasteiger partial charge in [0.25, 0.3) is 0 Å². The van der Waals surface area contributed by atoms with Crippen LogP contribution in [-0.4, -0.2) is 9.97 Å². The van der Waals surface area contributed by atoms with E-state index in [2.05, 4.69) is 21.4 Å². The minimum absolute atomic E-state index is 0.440. The van der Waals surface area contributed by atoms with Crippen molar-refractivity contribution >= 4 is 11.5 Å². The number of hydrogen-bond acceptors (Lipinski definition) is 5. The summed E-state index contributed by atoms with van der Waals surface area (Å²) in [5.41, 5.74) is 8.50. The second-order valence-corrected chi connectivity index (χ2v) is 3.94. The highest BCUT2D eigenvalue weighted by molar-refractivity contribution is 5.57. The molecule has 0 saturated heterocycles. The zero-order chi connectivity index (χ0) is 13.0. The number of rotatable bonds is 3. The Hall–Kier alpha value is -2.61. The molecule has 2 aromatic heterocycles. The van der Waals surface area contributed by atoms with Crippen molar-refractivity contribution in [3.05, 3.63) is 47.4 Å². The summed E-state index contributed by atoms with van der Waals surface area (Å²) in [5, 5.41) is 12.1. The molecule has 5 nitrogen and oxygen atoms in total. The van der Waals surface area contributed by atoms with Gasteiger partial charge in [-0.05, 0) is 24.6 Å². The van der Waals surface area contributed by atoms with Crippen molar-refractivity contribution in [1.29, 1.82) is 5.26 Å². The lowest BCUT2D eigenvalue weighted by molar-refractivity contribution is 1.06. The molecule has 0 aromatic carbocycles. The number of hydrogen-bond donors (Lipinski definition) is 2. The second-order valence-electron chi connectivity index (χ2n) is 3.94. The van der Waals surface area contributed by atoms with Crippen molar-refractivity contribution in [1.82, 2.24) is 9.97 Å². The van der Waals surface area contributed by atoms with Gasteiger partial charge >= 0.3 is 0 Å². The van der Waals surface area contributed by atoms with Crippen LogP contribution in [0.5, 0.6) is 0 Å². The van der Waals surface area contributed by atoms with E-state index in [4.69, 9.17) is 11.0 Å². The second kappa shape index (κ2) is 5.15. The summed E-state index contributed by atoms with van der Waals surface area (Å²) in [6.07, 6.45) is 3.32. The summed E-state index contributed by atoms with van der Waals surface area (Å²) >= 11 is 0. The molecule has 5 heteroatoms. The lowest BCUT2D eigenvalue weighted by Gasteiger charge is -2.07. The molecule has 0 radical (unpaired) electrons. The number of aromatic nitrogens is 2. The summed E-state index contributed by atoms with van der Waals surface area (Å²) in [5.74, 6) is 0.535. The van der Waals surface area contributed by atoms with E-state index in [0.717, 1.165) is 11.3 Å². The summed E-state index contributed by atoms with van der Waals surface area (Å²) in [4.78, 5) is 8.31. The number of pyridine rings is 2. The van der Waals surface area contributed by atoms with Crippen molar-refractivity contribution in [2.24, 2.45) is 0 Å². The number of nitrogens with two attached hydrogens (primary N) is 1. The number of nitriles is 1. The largest absolute Gasteiger partial charge is 0.397 e. The molecule has 18 heavy (non-hydrogen) atoms. The van der Waals surface area contributed by atoms with Gasteiger partial charge in [0.2, 0.25) is 0 Å². The van der Waals surface area contributed by atoms with E-state index in [9.17, 15) is 0 Å². The van der Waals surface area contributed by atoms with Gasteiger partial charge in [-0.1, -0.05) is 6.07 Å². The van der Waals surface area contributed by atoms with Crippen LogP contribution in [0, 0.1) is 18.3 Å². The minimum atomic E-state index is 0.440. The van der Waals surface area contributed by atoms with Crippen LogP contribution < -0.4 is 11.1 Å². The Labute approximate surface area is 105 Å². The van der Waals surface area contributed by atoms with Gasteiger partial charge in [-0.25, -0.2) is 4.98 Å². The van der Waals surface area contributed by atoms with Gasteiger partial charge in [-0.3, -0.25) is 4.98 Å². The average Bonchev–Trinajstić information content (AvgIpc) is 2.39. The molecule has 3 N–H and O–H groups in total. The smallest absolute Gasteiger partial charge is 0.144 e. The predicted octanol–water partition coefficient (Wildman–Crippen LogP) is 1.85. The first-order valence-corrected chi connectivity index (χ1v) is 5.50. The number of nitrogens with zero attached hydrogens (tertiary/aromatic N) is 3. The third kappa shape index (κ3) is 2.74. The third-order valence-corrected chi connectivity index (χ3v) is 2.46. The van der Waals surface area contributed by atoms with Crippen molar-refractivity contribution in [2.45, 2.75) is 13.5 Å². The lowest BCUT2D eigenvalue weighted by atomic mass is 10.2. The van der Waals surface area contributed by atoms with Crippen LogP contribution in [0.15, 0.2) is 30.6 Å². The Morgan fingerprint density at radius 2 is 2.17 bits per heavy atom. The first-order valence-electron chi connectivity index (χ1n) is 5.50. The molecular weight excluding hydrogens is 226 g/mol. The highest BCUT2D eigenvalue weighted by Gasteiger charge is 2.03. The van der Waals surface area contributed by atoms with Crippen LogP contribution in [0.1, 0.15) is 16.8 Å². The Kier molecular flexibility index (Phi) is 3.39. The molecule has 0 aliphatic heterocycles. The molecule has 2 rings (SSSR count). The maximum Gasteiger partial charge on any atom is 0.144 e. The maximum absolute atomic E-state index is 8.98. The maximum atomic E-state index is 8.98. The van der Waals surface area contributed by atoms with Crippen LogP contribution in [0.3, 0.4) is 0 Å². The molecule has 90 valence electrons. The standard InChI is InChI=1S/C13H13N5/c1-9-2-3-10(6-16-9)7-17-13-11(5-14)4-12(15)8-18-13/h2-4,6,8H,7,15H2,1H3,(H,17,18). The SMILES string of the molecule is Cc1ccc(CNc2ncc(N)cc2C#N)cn1. The van der Waals surface area contributed by atoms with Gasteiger partial charge in [0.15, 0.2) is 0 Å².